The predicted molar refractivity (Wildman–Crippen MR) is 135 cm³/mol. The molecule has 2 atom stereocenters. The maximum absolute atomic E-state index is 13.3. The van der Waals surface area contributed by atoms with Gasteiger partial charge in [-0.3, -0.25) is 4.79 Å². The van der Waals surface area contributed by atoms with Crippen LogP contribution in [0, 0.1) is 0 Å². The third-order valence-electron chi connectivity index (χ3n) is 6.88. The second kappa shape index (κ2) is 10.7. The van der Waals surface area contributed by atoms with Crippen LogP contribution in [-0.4, -0.2) is 96.6 Å². The standard InChI is InChI=1S/C25H30N8O5/c1-15(14-34)33-23(28-29-30-33)20-4-3-5-22(26-20)27-24(36)19-10-17-12-31(8-6-16(17)11-21(19)38-2)25(37)32-9-7-18(35)13-32/h3-5,10-11,15,18,34-35H,6-9,12-14H2,1-2H3,(H,26,27,36)/t15?,18-/m1/s1. The Morgan fingerprint density at radius 2 is 2.05 bits per heavy atom. The number of urea groups is 1. The van der Waals surface area contributed by atoms with E-state index in [2.05, 4.69) is 25.8 Å². The topological polar surface area (TPSA) is 159 Å². The lowest BCUT2D eigenvalue weighted by molar-refractivity contribution is 0.102. The number of aliphatic hydroxyl groups excluding tert-OH is 2. The number of pyridine rings is 1. The van der Waals surface area contributed by atoms with Crippen molar-refractivity contribution in [3.63, 3.8) is 0 Å². The van der Waals surface area contributed by atoms with Crippen LogP contribution in [0.2, 0.25) is 0 Å². The van der Waals surface area contributed by atoms with Crippen LogP contribution < -0.4 is 10.1 Å². The van der Waals surface area contributed by atoms with Crippen LogP contribution in [0.3, 0.4) is 0 Å². The van der Waals surface area contributed by atoms with Gasteiger partial charge in [0.25, 0.3) is 5.91 Å². The number of hydrogen-bond donors (Lipinski definition) is 3. The molecular formula is C25H30N8O5. The first kappa shape index (κ1) is 25.5. The fraction of sp³-hybridized carbons (Fsp3) is 0.440. The van der Waals surface area contributed by atoms with Crippen LogP contribution in [0.25, 0.3) is 11.5 Å². The average Bonchev–Trinajstić information content (AvgIpc) is 3.60. The molecule has 13 nitrogen and oxygen atoms in total. The van der Waals surface area contributed by atoms with Gasteiger partial charge in [-0.2, -0.15) is 0 Å². The number of benzene rings is 1. The van der Waals surface area contributed by atoms with E-state index in [0.717, 1.165) is 11.1 Å². The van der Waals surface area contributed by atoms with Crippen molar-refractivity contribution in [1.82, 2.24) is 35.0 Å². The van der Waals surface area contributed by atoms with Crippen molar-refractivity contribution in [2.75, 3.05) is 38.7 Å². The van der Waals surface area contributed by atoms with Gasteiger partial charge >= 0.3 is 6.03 Å². The summed E-state index contributed by atoms with van der Waals surface area (Å²) in [4.78, 5) is 34.2. The fourth-order valence-electron chi connectivity index (χ4n) is 4.76. The number of carbonyl (C=O) groups excluding carboxylic acids is 2. The van der Waals surface area contributed by atoms with Crippen LogP contribution in [0.4, 0.5) is 10.6 Å². The van der Waals surface area contributed by atoms with Gasteiger partial charge < -0.3 is 30.1 Å². The van der Waals surface area contributed by atoms with Gasteiger partial charge in [0.1, 0.15) is 17.3 Å². The third-order valence-corrected chi connectivity index (χ3v) is 6.88. The minimum atomic E-state index is -0.478. The van der Waals surface area contributed by atoms with Crippen LogP contribution in [0.15, 0.2) is 30.3 Å². The molecule has 0 saturated carbocycles. The van der Waals surface area contributed by atoms with Crippen molar-refractivity contribution in [2.45, 2.75) is 38.5 Å². The highest BCUT2D eigenvalue weighted by Gasteiger charge is 2.31. The molecule has 1 aromatic carbocycles. The molecule has 13 heteroatoms. The molecule has 0 radical (unpaired) electrons. The molecule has 0 bridgehead atoms. The Kier molecular flexibility index (Phi) is 7.20. The number of rotatable bonds is 6. The lowest BCUT2D eigenvalue weighted by Crippen LogP contribution is -2.44. The number of fused-ring (bicyclic) bond motifs is 1. The van der Waals surface area contributed by atoms with E-state index in [1.54, 1.807) is 41.0 Å². The van der Waals surface area contributed by atoms with Crippen molar-refractivity contribution >= 4 is 17.8 Å². The molecule has 0 aliphatic carbocycles. The summed E-state index contributed by atoms with van der Waals surface area (Å²) >= 11 is 0. The first-order chi connectivity index (χ1) is 18.4. The quantitative estimate of drug-likeness (QED) is 0.431. The van der Waals surface area contributed by atoms with Gasteiger partial charge in [0, 0.05) is 26.2 Å². The monoisotopic (exact) mass is 522 g/mol. The van der Waals surface area contributed by atoms with Gasteiger partial charge in [-0.05, 0) is 65.6 Å². The molecule has 3 amide bonds. The zero-order valence-electron chi connectivity index (χ0n) is 21.2. The van der Waals surface area contributed by atoms with E-state index in [-0.39, 0.29) is 18.7 Å². The molecule has 2 aliphatic heterocycles. The summed E-state index contributed by atoms with van der Waals surface area (Å²) in [6.07, 6.45) is 0.746. The number of methoxy groups -OCH3 is 1. The highest BCUT2D eigenvalue weighted by atomic mass is 16.5. The molecule has 2 aliphatic rings. The van der Waals surface area contributed by atoms with Gasteiger partial charge in [0.05, 0.1) is 31.4 Å². The molecule has 38 heavy (non-hydrogen) atoms. The van der Waals surface area contributed by atoms with Crippen molar-refractivity contribution in [1.29, 1.82) is 0 Å². The molecule has 1 unspecified atom stereocenters. The molecule has 3 N–H and O–H groups in total. The highest BCUT2D eigenvalue weighted by Crippen LogP contribution is 2.30. The van der Waals surface area contributed by atoms with Gasteiger partial charge in [-0.25, -0.2) is 14.5 Å². The number of ether oxygens (including phenoxy) is 1. The van der Waals surface area contributed by atoms with Crippen LogP contribution in [0.1, 0.15) is 40.9 Å². The molecule has 1 saturated heterocycles. The number of aliphatic hydroxyl groups is 2. The van der Waals surface area contributed by atoms with Crippen molar-refractivity contribution in [2.24, 2.45) is 0 Å². The number of amides is 3. The zero-order valence-corrected chi connectivity index (χ0v) is 21.2. The highest BCUT2D eigenvalue weighted by molar-refractivity contribution is 6.06. The van der Waals surface area contributed by atoms with E-state index in [1.807, 2.05) is 6.07 Å². The largest absolute Gasteiger partial charge is 0.496 e. The van der Waals surface area contributed by atoms with Crippen LogP contribution in [-0.2, 0) is 13.0 Å². The number of nitrogens with one attached hydrogen (secondary N) is 1. The predicted octanol–water partition coefficient (Wildman–Crippen LogP) is 1.09. The Morgan fingerprint density at radius 1 is 1.21 bits per heavy atom. The third kappa shape index (κ3) is 5.02. The summed E-state index contributed by atoms with van der Waals surface area (Å²) in [5, 5.41) is 33.7. The molecule has 200 valence electrons. The number of β-amino-alcohol motifs (C(OH)–C–C–N with tert-alkyl or cyclic N) is 1. The van der Waals surface area contributed by atoms with Gasteiger partial charge in [-0.1, -0.05) is 6.07 Å². The maximum Gasteiger partial charge on any atom is 0.320 e. The number of likely N-dealkylation sites (tertiary alicyclic amines) is 1. The molecular weight excluding hydrogens is 492 g/mol. The smallest absolute Gasteiger partial charge is 0.320 e. The number of tetrazole rings is 1. The number of hydrogen-bond acceptors (Lipinski definition) is 9. The van der Waals surface area contributed by atoms with E-state index < -0.39 is 12.0 Å². The van der Waals surface area contributed by atoms with E-state index in [9.17, 15) is 19.8 Å². The second-order valence-corrected chi connectivity index (χ2v) is 9.50. The molecule has 2 aromatic heterocycles. The first-order valence-electron chi connectivity index (χ1n) is 12.5. The van der Waals surface area contributed by atoms with Crippen molar-refractivity contribution < 1.29 is 24.5 Å². The van der Waals surface area contributed by atoms with E-state index in [4.69, 9.17) is 4.74 Å². The lowest BCUT2D eigenvalue weighted by atomic mass is 9.96. The summed E-state index contributed by atoms with van der Waals surface area (Å²) < 4.78 is 6.99. The summed E-state index contributed by atoms with van der Waals surface area (Å²) in [6.45, 7) is 3.43. The Morgan fingerprint density at radius 3 is 2.79 bits per heavy atom. The normalized spacial score (nSPS) is 17.7. The molecule has 4 heterocycles. The lowest BCUT2D eigenvalue weighted by Gasteiger charge is -2.32. The van der Waals surface area contributed by atoms with Crippen LogP contribution >= 0.6 is 0 Å². The minimum absolute atomic E-state index is 0.104. The summed E-state index contributed by atoms with van der Waals surface area (Å²) in [7, 11) is 1.51. The number of carbonyl (C=O) groups is 2. The van der Waals surface area contributed by atoms with E-state index in [0.29, 0.717) is 67.7 Å². The maximum atomic E-state index is 13.3. The second-order valence-electron chi connectivity index (χ2n) is 9.50. The Hall–Kier alpha value is -4.10. The summed E-state index contributed by atoms with van der Waals surface area (Å²) in [5.74, 6) is 0.677. The minimum Gasteiger partial charge on any atom is -0.496 e. The first-order valence-corrected chi connectivity index (χ1v) is 12.5. The van der Waals surface area contributed by atoms with E-state index >= 15 is 0 Å². The molecule has 5 rings (SSSR count). The van der Waals surface area contributed by atoms with E-state index in [1.165, 1.54) is 11.8 Å². The Labute approximate surface area is 219 Å². The fourth-order valence-corrected chi connectivity index (χ4v) is 4.76. The molecule has 1 fully saturated rings. The Balaban J connectivity index is 1.36. The van der Waals surface area contributed by atoms with Gasteiger partial charge in [0.2, 0.25) is 5.82 Å². The number of anilines is 1. The summed E-state index contributed by atoms with van der Waals surface area (Å²) in [6, 6.07) is 8.25. The number of aromatic nitrogens is 5. The van der Waals surface area contributed by atoms with Crippen molar-refractivity contribution in [3.05, 3.63) is 47.0 Å². The van der Waals surface area contributed by atoms with Crippen LogP contribution in [0.5, 0.6) is 5.75 Å². The molecule has 3 aromatic rings. The van der Waals surface area contributed by atoms with Gasteiger partial charge in [-0.15, -0.1) is 5.10 Å². The average molecular weight is 523 g/mol. The molecule has 0 spiro atoms. The van der Waals surface area contributed by atoms with Crippen molar-refractivity contribution in [3.8, 4) is 17.3 Å². The Bertz CT molecular complexity index is 1350. The SMILES string of the molecule is COc1cc2c(cc1C(=O)Nc1cccc(-c3nnnn3C(C)CO)n1)CN(C(=O)N1CC[C@@H](O)C1)CC2. The summed E-state index contributed by atoms with van der Waals surface area (Å²) in [5.41, 5.74) is 2.65. The number of nitrogens with zero attached hydrogens (tertiary/aromatic N) is 7. The zero-order chi connectivity index (χ0) is 26.8. The van der Waals surface area contributed by atoms with Gasteiger partial charge in [0.15, 0.2) is 0 Å².